The Morgan fingerprint density at radius 3 is 2.30 bits per heavy atom. The molecule has 20 heavy (non-hydrogen) atoms. The standard InChI is InChI=1S/C13H20N4O2S/c14-12-4-3-11(20(15,18)19)9-13(12)17-7-5-16(6-8-17)10-1-2-10/h3-4,9-10H,1-2,5-8,14H2,(H2,15,18,19). The number of hydrogen-bond donors (Lipinski definition) is 2. The molecule has 3 rings (SSSR count). The van der Waals surface area contributed by atoms with Crippen molar-refractivity contribution in [2.75, 3.05) is 36.8 Å². The average Bonchev–Trinajstić information content (AvgIpc) is 3.22. The molecule has 1 aliphatic carbocycles. The molecule has 4 N–H and O–H groups in total. The van der Waals surface area contributed by atoms with Crippen molar-refractivity contribution in [3.05, 3.63) is 18.2 Å². The molecule has 0 aromatic heterocycles. The summed E-state index contributed by atoms with van der Waals surface area (Å²) < 4.78 is 22.9. The van der Waals surface area contributed by atoms with E-state index in [0.29, 0.717) is 5.69 Å². The summed E-state index contributed by atoms with van der Waals surface area (Å²) in [6.07, 6.45) is 2.62. The Balaban J connectivity index is 1.79. The summed E-state index contributed by atoms with van der Waals surface area (Å²) in [6.45, 7) is 3.75. The van der Waals surface area contributed by atoms with Crippen molar-refractivity contribution in [2.24, 2.45) is 5.14 Å². The second-order valence-electron chi connectivity index (χ2n) is 5.52. The first-order chi connectivity index (χ1) is 9.45. The summed E-state index contributed by atoms with van der Waals surface area (Å²) in [5.41, 5.74) is 7.34. The lowest BCUT2D eigenvalue weighted by molar-refractivity contribution is 0.248. The summed E-state index contributed by atoms with van der Waals surface area (Å²) in [7, 11) is -3.69. The Morgan fingerprint density at radius 1 is 1.10 bits per heavy atom. The highest BCUT2D eigenvalue weighted by Crippen LogP contribution is 2.31. The molecule has 1 saturated carbocycles. The first-order valence-electron chi connectivity index (χ1n) is 6.86. The number of nitrogens with two attached hydrogens (primary N) is 2. The topological polar surface area (TPSA) is 92.7 Å². The Kier molecular flexibility index (Phi) is 3.35. The van der Waals surface area contributed by atoms with E-state index in [1.165, 1.54) is 18.9 Å². The average molecular weight is 296 g/mol. The van der Waals surface area contributed by atoms with Gasteiger partial charge in [0.15, 0.2) is 0 Å². The quantitative estimate of drug-likeness (QED) is 0.777. The first-order valence-corrected chi connectivity index (χ1v) is 8.41. The van der Waals surface area contributed by atoms with Crippen LogP contribution in [-0.2, 0) is 10.0 Å². The first kappa shape index (κ1) is 13.7. The molecule has 0 atom stereocenters. The van der Waals surface area contributed by atoms with Crippen molar-refractivity contribution in [3.63, 3.8) is 0 Å². The molecule has 1 aromatic carbocycles. The number of piperazine rings is 1. The Labute approximate surface area is 119 Å². The third-order valence-corrected chi connectivity index (χ3v) is 4.96. The fourth-order valence-corrected chi connectivity index (χ4v) is 3.28. The third-order valence-electron chi connectivity index (χ3n) is 4.05. The molecule has 2 aliphatic rings. The molecule has 1 saturated heterocycles. The summed E-state index contributed by atoms with van der Waals surface area (Å²) in [5, 5.41) is 5.18. The van der Waals surface area contributed by atoms with Crippen LogP contribution >= 0.6 is 0 Å². The van der Waals surface area contributed by atoms with E-state index in [4.69, 9.17) is 10.9 Å². The smallest absolute Gasteiger partial charge is 0.238 e. The number of benzene rings is 1. The number of nitrogen functional groups attached to an aromatic ring is 1. The maximum atomic E-state index is 11.4. The summed E-state index contributed by atoms with van der Waals surface area (Å²) in [6, 6.07) is 5.42. The predicted molar refractivity (Wildman–Crippen MR) is 79.0 cm³/mol. The SMILES string of the molecule is Nc1ccc(S(N)(=O)=O)cc1N1CCN(C2CC2)CC1. The lowest BCUT2D eigenvalue weighted by Gasteiger charge is -2.36. The molecule has 0 amide bonds. The van der Waals surface area contributed by atoms with E-state index >= 15 is 0 Å². The lowest BCUT2D eigenvalue weighted by Crippen LogP contribution is -2.47. The molecule has 0 spiro atoms. The molecule has 0 bridgehead atoms. The van der Waals surface area contributed by atoms with Crippen LogP contribution in [0.5, 0.6) is 0 Å². The van der Waals surface area contributed by atoms with E-state index in [1.807, 2.05) is 0 Å². The summed E-state index contributed by atoms with van der Waals surface area (Å²) >= 11 is 0. The van der Waals surface area contributed by atoms with Crippen molar-refractivity contribution in [2.45, 2.75) is 23.8 Å². The number of nitrogens with zero attached hydrogens (tertiary/aromatic N) is 2. The fourth-order valence-electron chi connectivity index (χ4n) is 2.74. The summed E-state index contributed by atoms with van der Waals surface area (Å²) in [4.78, 5) is 4.75. The maximum absolute atomic E-state index is 11.4. The molecule has 110 valence electrons. The second kappa shape index (κ2) is 4.91. The zero-order chi connectivity index (χ0) is 14.3. The van der Waals surface area contributed by atoms with Gasteiger partial charge < -0.3 is 10.6 Å². The molecule has 0 unspecified atom stereocenters. The van der Waals surface area contributed by atoms with E-state index in [-0.39, 0.29) is 4.90 Å². The second-order valence-corrected chi connectivity index (χ2v) is 7.08. The van der Waals surface area contributed by atoms with Gasteiger partial charge in [0.05, 0.1) is 16.3 Å². The van der Waals surface area contributed by atoms with Gasteiger partial charge >= 0.3 is 0 Å². The van der Waals surface area contributed by atoms with Crippen LogP contribution < -0.4 is 15.8 Å². The zero-order valence-electron chi connectivity index (χ0n) is 11.3. The Bertz CT molecular complexity index is 605. The summed E-state index contributed by atoms with van der Waals surface area (Å²) in [5.74, 6) is 0. The molecule has 1 heterocycles. The van der Waals surface area contributed by atoms with Gasteiger partial charge in [0.2, 0.25) is 10.0 Å². The van der Waals surface area contributed by atoms with Gasteiger partial charge in [0.1, 0.15) is 0 Å². The van der Waals surface area contributed by atoms with E-state index in [0.717, 1.165) is 37.9 Å². The van der Waals surface area contributed by atoms with Crippen LogP contribution in [0.3, 0.4) is 0 Å². The van der Waals surface area contributed by atoms with E-state index < -0.39 is 10.0 Å². The van der Waals surface area contributed by atoms with Crippen LogP contribution in [0, 0.1) is 0 Å². The van der Waals surface area contributed by atoms with Gasteiger partial charge in [-0.25, -0.2) is 13.6 Å². The monoisotopic (exact) mass is 296 g/mol. The van der Waals surface area contributed by atoms with Gasteiger partial charge in [-0.05, 0) is 31.0 Å². The van der Waals surface area contributed by atoms with Gasteiger partial charge in [-0.15, -0.1) is 0 Å². The van der Waals surface area contributed by atoms with Crippen LogP contribution in [0.25, 0.3) is 0 Å². The molecule has 6 nitrogen and oxygen atoms in total. The van der Waals surface area contributed by atoms with Gasteiger partial charge in [-0.1, -0.05) is 0 Å². The number of primary sulfonamides is 1. The van der Waals surface area contributed by atoms with E-state index in [1.54, 1.807) is 12.1 Å². The van der Waals surface area contributed by atoms with Crippen LogP contribution in [-0.4, -0.2) is 45.5 Å². The van der Waals surface area contributed by atoms with Gasteiger partial charge in [-0.3, -0.25) is 4.90 Å². The normalized spacial score (nSPS) is 21.1. The molecule has 1 aliphatic heterocycles. The van der Waals surface area contributed by atoms with Gasteiger partial charge in [0, 0.05) is 32.2 Å². The van der Waals surface area contributed by atoms with Crippen LogP contribution in [0.1, 0.15) is 12.8 Å². The predicted octanol–water partition coefficient (Wildman–Crippen LogP) is 0.201. The zero-order valence-corrected chi connectivity index (χ0v) is 12.1. The number of sulfonamides is 1. The van der Waals surface area contributed by atoms with Crippen LogP contribution in [0.15, 0.2) is 23.1 Å². The largest absolute Gasteiger partial charge is 0.397 e. The molecule has 2 fully saturated rings. The number of hydrogen-bond acceptors (Lipinski definition) is 5. The molecule has 7 heteroatoms. The van der Waals surface area contributed by atoms with Gasteiger partial charge in [0.25, 0.3) is 0 Å². The van der Waals surface area contributed by atoms with E-state index in [9.17, 15) is 8.42 Å². The maximum Gasteiger partial charge on any atom is 0.238 e. The Hall–Kier alpha value is -1.31. The molecule has 1 aromatic rings. The van der Waals surface area contributed by atoms with Gasteiger partial charge in [-0.2, -0.15) is 0 Å². The number of rotatable bonds is 3. The lowest BCUT2D eigenvalue weighted by atomic mass is 10.2. The molecular weight excluding hydrogens is 276 g/mol. The highest BCUT2D eigenvalue weighted by atomic mass is 32.2. The molecule has 0 radical (unpaired) electrons. The van der Waals surface area contributed by atoms with Crippen molar-refractivity contribution in [3.8, 4) is 0 Å². The highest BCUT2D eigenvalue weighted by Gasteiger charge is 2.31. The minimum Gasteiger partial charge on any atom is -0.397 e. The minimum absolute atomic E-state index is 0.117. The van der Waals surface area contributed by atoms with E-state index in [2.05, 4.69) is 9.80 Å². The Morgan fingerprint density at radius 2 is 1.75 bits per heavy atom. The van der Waals surface area contributed by atoms with Crippen molar-refractivity contribution < 1.29 is 8.42 Å². The van der Waals surface area contributed by atoms with Crippen LogP contribution in [0.4, 0.5) is 11.4 Å². The fraction of sp³-hybridized carbons (Fsp3) is 0.538. The molecular formula is C13H20N4O2S. The van der Waals surface area contributed by atoms with Crippen molar-refractivity contribution in [1.29, 1.82) is 0 Å². The highest BCUT2D eigenvalue weighted by molar-refractivity contribution is 7.89. The van der Waals surface area contributed by atoms with Crippen molar-refractivity contribution >= 4 is 21.4 Å². The third kappa shape index (κ3) is 2.74. The minimum atomic E-state index is -3.69. The van der Waals surface area contributed by atoms with Crippen molar-refractivity contribution in [1.82, 2.24) is 4.90 Å². The van der Waals surface area contributed by atoms with Crippen LogP contribution in [0.2, 0.25) is 0 Å². The number of anilines is 2.